The van der Waals surface area contributed by atoms with Gasteiger partial charge in [-0.3, -0.25) is 9.59 Å². The van der Waals surface area contributed by atoms with Crippen molar-refractivity contribution in [2.24, 2.45) is 5.41 Å². The minimum Gasteiger partial charge on any atom is -0.459 e. The predicted molar refractivity (Wildman–Crippen MR) is 84.7 cm³/mol. The highest BCUT2D eigenvalue weighted by molar-refractivity contribution is 5.73. The van der Waals surface area contributed by atoms with Gasteiger partial charge in [0.15, 0.2) is 6.61 Å². The smallest absolute Gasteiger partial charge is 0.456 e. The first-order chi connectivity index (χ1) is 11.6. The number of ether oxygens (including phenoxy) is 2. The molecule has 0 rings (SSSR count). The standard InChI is InChI=1S/C17H27F5O4/c1-6-14(3,4)9-8-12(23)26-15(5,7-2)10-13(24)25-11-16(18,19)17(20,21)22/h6-11H2,1-5H3. The Hall–Kier alpha value is -1.41. The van der Waals surface area contributed by atoms with E-state index in [1.807, 2.05) is 20.8 Å². The van der Waals surface area contributed by atoms with E-state index in [0.717, 1.165) is 6.42 Å². The molecule has 0 amide bonds. The summed E-state index contributed by atoms with van der Waals surface area (Å²) in [6.45, 7) is 6.84. The fraction of sp³-hybridized carbons (Fsp3) is 0.882. The number of rotatable bonds is 10. The first kappa shape index (κ1) is 24.6. The molecule has 0 aromatic carbocycles. The van der Waals surface area contributed by atoms with Gasteiger partial charge in [0.1, 0.15) is 5.60 Å². The highest BCUT2D eigenvalue weighted by atomic mass is 19.4. The largest absolute Gasteiger partial charge is 0.459 e. The van der Waals surface area contributed by atoms with Crippen molar-refractivity contribution in [2.45, 2.75) is 84.4 Å². The molecule has 1 unspecified atom stereocenters. The number of esters is 2. The van der Waals surface area contributed by atoms with Crippen LogP contribution in [0.2, 0.25) is 0 Å². The van der Waals surface area contributed by atoms with Crippen molar-refractivity contribution in [3.63, 3.8) is 0 Å². The maximum absolute atomic E-state index is 12.8. The molecule has 0 fully saturated rings. The van der Waals surface area contributed by atoms with Crippen LogP contribution in [-0.2, 0) is 19.1 Å². The number of alkyl halides is 5. The molecule has 1 atom stereocenters. The van der Waals surface area contributed by atoms with E-state index < -0.39 is 42.7 Å². The van der Waals surface area contributed by atoms with Crippen LogP contribution in [0.1, 0.15) is 66.7 Å². The Balaban J connectivity index is 4.66. The van der Waals surface area contributed by atoms with Gasteiger partial charge in [-0.1, -0.05) is 34.1 Å². The molecule has 0 saturated carbocycles. The van der Waals surface area contributed by atoms with Gasteiger partial charge in [-0.25, -0.2) is 0 Å². The summed E-state index contributed by atoms with van der Waals surface area (Å²) in [5.41, 5.74) is -1.40. The first-order valence-electron chi connectivity index (χ1n) is 8.39. The molecule has 0 saturated heterocycles. The molecule has 4 nitrogen and oxygen atoms in total. The topological polar surface area (TPSA) is 52.6 Å². The van der Waals surface area contributed by atoms with Gasteiger partial charge in [0.2, 0.25) is 0 Å². The molecule has 0 radical (unpaired) electrons. The van der Waals surface area contributed by atoms with Crippen LogP contribution < -0.4 is 0 Å². The quantitative estimate of drug-likeness (QED) is 0.387. The molecular weight excluding hydrogens is 363 g/mol. The van der Waals surface area contributed by atoms with Crippen LogP contribution in [0.5, 0.6) is 0 Å². The van der Waals surface area contributed by atoms with E-state index in [1.165, 1.54) is 6.92 Å². The molecule has 0 aliphatic rings. The zero-order valence-corrected chi connectivity index (χ0v) is 15.8. The Labute approximate surface area is 150 Å². The Morgan fingerprint density at radius 1 is 0.885 bits per heavy atom. The van der Waals surface area contributed by atoms with Gasteiger partial charge in [-0.2, -0.15) is 22.0 Å². The fourth-order valence-electron chi connectivity index (χ4n) is 1.79. The molecule has 0 spiro atoms. The van der Waals surface area contributed by atoms with Crippen LogP contribution in [0, 0.1) is 5.41 Å². The average Bonchev–Trinajstić information content (AvgIpc) is 2.50. The van der Waals surface area contributed by atoms with Crippen LogP contribution >= 0.6 is 0 Å². The normalized spacial score (nSPS) is 15.3. The molecule has 154 valence electrons. The monoisotopic (exact) mass is 390 g/mol. The van der Waals surface area contributed by atoms with E-state index >= 15 is 0 Å². The van der Waals surface area contributed by atoms with Gasteiger partial charge in [-0.05, 0) is 25.2 Å². The van der Waals surface area contributed by atoms with Crippen LogP contribution in [0.25, 0.3) is 0 Å². The zero-order valence-electron chi connectivity index (χ0n) is 15.8. The molecule has 0 aliphatic carbocycles. The lowest BCUT2D eigenvalue weighted by molar-refractivity contribution is -0.294. The molecule has 0 aromatic heterocycles. The molecule has 0 bridgehead atoms. The van der Waals surface area contributed by atoms with Crippen molar-refractivity contribution in [2.75, 3.05) is 6.61 Å². The van der Waals surface area contributed by atoms with Crippen LogP contribution in [0.15, 0.2) is 0 Å². The lowest BCUT2D eigenvalue weighted by atomic mass is 9.85. The summed E-state index contributed by atoms with van der Waals surface area (Å²) in [6.07, 6.45) is -4.73. The molecule has 0 heterocycles. The van der Waals surface area contributed by atoms with Crippen molar-refractivity contribution in [1.82, 2.24) is 0 Å². The number of hydrogen-bond donors (Lipinski definition) is 0. The van der Waals surface area contributed by atoms with Gasteiger partial charge in [0.25, 0.3) is 0 Å². The summed E-state index contributed by atoms with van der Waals surface area (Å²) < 4.78 is 71.0. The lowest BCUT2D eigenvalue weighted by Crippen LogP contribution is -2.42. The van der Waals surface area contributed by atoms with Crippen molar-refractivity contribution in [3.8, 4) is 0 Å². The van der Waals surface area contributed by atoms with Crippen molar-refractivity contribution < 1.29 is 41.0 Å². The molecule has 9 heteroatoms. The van der Waals surface area contributed by atoms with Gasteiger partial charge in [0.05, 0.1) is 6.42 Å². The second-order valence-electron chi connectivity index (χ2n) is 7.33. The minimum absolute atomic E-state index is 0.0657. The van der Waals surface area contributed by atoms with E-state index in [2.05, 4.69) is 4.74 Å². The van der Waals surface area contributed by atoms with Gasteiger partial charge < -0.3 is 9.47 Å². The summed E-state index contributed by atoms with van der Waals surface area (Å²) >= 11 is 0. The third kappa shape index (κ3) is 8.31. The summed E-state index contributed by atoms with van der Waals surface area (Å²) in [5, 5.41) is 0. The second-order valence-corrected chi connectivity index (χ2v) is 7.33. The number of halogens is 5. The molecular formula is C17H27F5O4. The van der Waals surface area contributed by atoms with E-state index in [4.69, 9.17) is 4.74 Å². The Morgan fingerprint density at radius 2 is 1.42 bits per heavy atom. The Bertz CT molecular complexity index is 488. The minimum atomic E-state index is -5.81. The number of carbonyl (C=O) groups is 2. The average molecular weight is 390 g/mol. The van der Waals surface area contributed by atoms with Gasteiger partial charge in [-0.15, -0.1) is 0 Å². The highest BCUT2D eigenvalue weighted by Gasteiger charge is 2.58. The summed E-state index contributed by atoms with van der Waals surface area (Å²) in [5.74, 6) is -6.99. The van der Waals surface area contributed by atoms with E-state index in [9.17, 15) is 31.5 Å². The second kappa shape index (κ2) is 8.99. The zero-order chi connectivity index (χ0) is 20.8. The van der Waals surface area contributed by atoms with Gasteiger partial charge >= 0.3 is 24.0 Å². The number of hydrogen-bond acceptors (Lipinski definition) is 4. The number of carbonyl (C=O) groups excluding carboxylic acids is 2. The van der Waals surface area contributed by atoms with E-state index in [-0.39, 0.29) is 18.3 Å². The first-order valence-corrected chi connectivity index (χ1v) is 8.39. The van der Waals surface area contributed by atoms with E-state index in [0.29, 0.717) is 6.42 Å². The third-order valence-corrected chi connectivity index (χ3v) is 4.42. The maximum atomic E-state index is 12.8. The molecule has 26 heavy (non-hydrogen) atoms. The summed E-state index contributed by atoms with van der Waals surface area (Å²) in [7, 11) is 0. The SMILES string of the molecule is CCC(C)(C)CCC(=O)OC(C)(CC)CC(=O)OCC(F)(F)C(F)(F)F. The van der Waals surface area contributed by atoms with Crippen molar-refractivity contribution >= 4 is 11.9 Å². The molecule has 0 N–H and O–H groups in total. The third-order valence-electron chi connectivity index (χ3n) is 4.42. The molecule has 0 aliphatic heterocycles. The summed E-state index contributed by atoms with van der Waals surface area (Å²) in [4.78, 5) is 23.6. The van der Waals surface area contributed by atoms with Crippen LogP contribution in [0.4, 0.5) is 22.0 Å². The van der Waals surface area contributed by atoms with Crippen LogP contribution in [0.3, 0.4) is 0 Å². The van der Waals surface area contributed by atoms with Crippen molar-refractivity contribution in [3.05, 3.63) is 0 Å². The Morgan fingerprint density at radius 3 is 1.85 bits per heavy atom. The summed E-state index contributed by atoms with van der Waals surface area (Å²) in [6, 6.07) is 0. The maximum Gasteiger partial charge on any atom is 0.456 e. The molecule has 0 aromatic rings. The van der Waals surface area contributed by atoms with E-state index in [1.54, 1.807) is 6.92 Å². The highest BCUT2D eigenvalue weighted by Crippen LogP contribution is 2.35. The fourth-order valence-corrected chi connectivity index (χ4v) is 1.79. The van der Waals surface area contributed by atoms with Crippen molar-refractivity contribution in [1.29, 1.82) is 0 Å². The van der Waals surface area contributed by atoms with Gasteiger partial charge in [0, 0.05) is 6.42 Å². The lowest BCUT2D eigenvalue weighted by Gasteiger charge is -2.29. The van der Waals surface area contributed by atoms with Crippen LogP contribution in [-0.4, -0.2) is 36.2 Å². The predicted octanol–water partition coefficient (Wildman–Crippen LogP) is 5.05. The Kier molecular flexibility index (Phi) is 8.50.